The highest BCUT2D eigenvalue weighted by Gasteiger charge is 2.13. The lowest BCUT2D eigenvalue weighted by atomic mass is 10.1. The van der Waals surface area contributed by atoms with Crippen LogP contribution in [0.25, 0.3) is 33.2 Å². The predicted octanol–water partition coefficient (Wildman–Crippen LogP) is 6.37. The summed E-state index contributed by atoms with van der Waals surface area (Å²) in [6.45, 7) is 1.99. The number of halogens is 3. The second-order valence-corrected chi connectivity index (χ2v) is 9.08. The van der Waals surface area contributed by atoms with E-state index >= 15 is 0 Å². The first-order valence-corrected chi connectivity index (χ1v) is 12.1. The first-order valence-electron chi connectivity index (χ1n) is 11.7. The van der Waals surface area contributed by atoms with E-state index in [-0.39, 0.29) is 11.5 Å². The highest BCUT2D eigenvalue weighted by Crippen LogP contribution is 2.31. The lowest BCUT2D eigenvalue weighted by Gasteiger charge is -2.06. The summed E-state index contributed by atoms with van der Waals surface area (Å²) in [5.41, 5.74) is 3.13. The molecular formula is C28H21ClF2N4O4. The molecule has 0 fully saturated rings. The summed E-state index contributed by atoms with van der Waals surface area (Å²) in [5, 5.41) is 47.9. The number of nitrogens with zero attached hydrogens (tertiary/aromatic N) is 4. The Bertz CT molecular complexity index is 1850. The maximum atomic E-state index is 13.5. The molecule has 0 spiro atoms. The molecule has 0 saturated carbocycles. The third-order valence-corrected chi connectivity index (χ3v) is 6.34. The first kappa shape index (κ1) is 25.8. The van der Waals surface area contributed by atoms with Crippen molar-refractivity contribution in [2.45, 2.75) is 13.3 Å². The van der Waals surface area contributed by atoms with Gasteiger partial charge in [0.2, 0.25) is 0 Å². The largest absolute Gasteiger partial charge is 0.507 e. The zero-order valence-corrected chi connectivity index (χ0v) is 21.1. The first-order chi connectivity index (χ1) is 18.7. The van der Waals surface area contributed by atoms with Gasteiger partial charge in [-0.2, -0.15) is 10.2 Å². The number of hydrogen-bond donors (Lipinski definition) is 4. The lowest BCUT2D eigenvalue weighted by molar-refractivity contribution is 0.432. The minimum Gasteiger partial charge on any atom is -0.507 e. The van der Waals surface area contributed by atoms with E-state index in [2.05, 4.69) is 10.2 Å². The second kappa shape index (κ2) is 10.1. The highest BCUT2D eigenvalue weighted by atomic mass is 35.5. The van der Waals surface area contributed by atoms with Gasteiger partial charge in [0, 0.05) is 17.2 Å². The van der Waals surface area contributed by atoms with Crippen molar-refractivity contribution >= 4 is 33.4 Å². The normalized spacial score (nSPS) is 11.1. The summed E-state index contributed by atoms with van der Waals surface area (Å²) in [7, 11) is 0. The molecule has 6 rings (SSSR count). The Balaban J connectivity index is 0.000000158. The van der Waals surface area contributed by atoms with Crippen LogP contribution in [-0.4, -0.2) is 40.0 Å². The number of fused-ring (bicyclic) bond motifs is 2. The van der Waals surface area contributed by atoms with E-state index < -0.39 is 23.1 Å². The van der Waals surface area contributed by atoms with Gasteiger partial charge < -0.3 is 20.4 Å². The molecule has 39 heavy (non-hydrogen) atoms. The molecule has 0 aliphatic carbocycles. The molecule has 0 amide bonds. The van der Waals surface area contributed by atoms with Gasteiger partial charge in [-0.3, -0.25) is 0 Å². The van der Waals surface area contributed by atoms with Crippen molar-refractivity contribution in [3.63, 3.8) is 0 Å². The van der Waals surface area contributed by atoms with Gasteiger partial charge in [0.05, 0.1) is 45.6 Å². The molecule has 4 N–H and O–H groups in total. The van der Waals surface area contributed by atoms with Crippen molar-refractivity contribution in [2.24, 2.45) is 0 Å². The van der Waals surface area contributed by atoms with Crippen molar-refractivity contribution < 1.29 is 29.2 Å². The molecule has 0 aliphatic rings. The monoisotopic (exact) mass is 550 g/mol. The average Bonchev–Trinajstić information content (AvgIpc) is 3.53. The Labute approximate surface area is 225 Å². The Hall–Kier alpha value is -4.83. The molecule has 0 radical (unpaired) electrons. The second-order valence-electron chi connectivity index (χ2n) is 8.64. The van der Waals surface area contributed by atoms with Crippen LogP contribution in [0, 0.1) is 11.6 Å². The Morgan fingerprint density at radius 3 is 1.64 bits per heavy atom. The van der Waals surface area contributed by atoms with Crippen LogP contribution in [0.1, 0.15) is 12.5 Å². The zero-order chi connectivity index (χ0) is 27.8. The maximum absolute atomic E-state index is 13.5. The van der Waals surface area contributed by atoms with Gasteiger partial charge in [-0.1, -0.05) is 18.5 Å². The van der Waals surface area contributed by atoms with E-state index in [0.29, 0.717) is 38.2 Å². The third-order valence-electron chi connectivity index (χ3n) is 6.12. The highest BCUT2D eigenvalue weighted by molar-refractivity contribution is 6.31. The van der Waals surface area contributed by atoms with E-state index in [0.717, 1.165) is 18.1 Å². The quantitative estimate of drug-likeness (QED) is 0.203. The predicted molar refractivity (Wildman–Crippen MR) is 143 cm³/mol. The standard InChI is InChI=1S/C15H13FN2O2.C13H8ClFN2O2/c1-2-9-5-13-11(15(20)6-9)8-17-18(13)10-3-4-14(19)12(16)7-10;14-7-3-11-9(13(19)4-7)6-16-17(11)8-1-2-12(18)10(15)5-8/h3-8,19-20H,2H2,1H3;1-6,18-19H. The number of benzene rings is 4. The van der Waals surface area contributed by atoms with Crippen LogP contribution in [0.15, 0.2) is 73.1 Å². The van der Waals surface area contributed by atoms with E-state index in [1.165, 1.54) is 52.1 Å². The van der Waals surface area contributed by atoms with Crippen molar-refractivity contribution in [1.29, 1.82) is 0 Å². The summed E-state index contributed by atoms with van der Waals surface area (Å²) in [5.74, 6) is -2.12. The molecule has 2 heterocycles. The fourth-order valence-corrected chi connectivity index (χ4v) is 4.32. The lowest BCUT2D eigenvalue weighted by Crippen LogP contribution is -1.97. The molecule has 0 atom stereocenters. The Kier molecular flexibility index (Phi) is 6.71. The fourth-order valence-electron chi connectivity index (χ4n) is 4.11. The molecule has 0 saturated heterocycles. The molecular weight excluding hydrogens is 530 g/mol. The van der Waals surface area contributed by atoms with Crippen LogP contribution < -0.4 is 0 Å². The van der Waals surface area contributed by atoms with E-state index in [1.807, 2.05) is 13.0 Å². The summed E-state index contributed by atoms with van der Waals surface area (Å²) in [4.78, 5) is 0. The van der Waals surface area contributed by atoms with Crippen LogP contribution in [0.5, 0.6) is 23.0 Å². The molecule has 0 aliphatic heterocycles. The van der Waals surface area contributed by atoms with Gasteiger partial charge in [0.15, 0.2) is 23.1 Å². The van der Waals surface area contributed by atoms with Gasteiger partial charge in [-0.25, -0.2) is 18.1 Å². The van der Waals surface area contributed by atoms with Crippen molar-refractivity contribution in [3.8, 4) is 34.4 Å². The number of rotatable bonds is 3. The van der Waals surface area contributed by atoms with Crippen LogP contribution in [0.2, 0.25) is 5.02 Å². The molecule has 0 bridgehead atoms. The summed E-state index contributed by atoms with van der Waals surface area (Å²) in [6, 6.07) is 14.6. The van der Waals surface area contributed by atoms with Gasteiger partial charge in [0.25, 0.3) is 0 Å². The number of phenols is 4. The Morgan fingerprint density at radius 2 is 1.15 bits per heavy atom. The molecule has 8 nitrogen and oxygen atoms in total. The van der Waals surface area contributed by atoms with Crippen LogP contribution in [0.3, 0.4) is 0 Å². The smallest absolute Gasteiger partial charge is 0.166 e. The van der Waals surface area contributed by atoms with E-state index in [1.54, 1.807) is 18.2 Å². The average molecular weight is 551 g/mol. The van der Waals surface area contributed by atoms with E-state index in [9.17, 15) is 29.2 Å². The number of phenolic OH excluding ortho intramolecular Hbond substituents is 4. The zero-order valence-electron chi connectivity index (χ0n) is 20.3. The Morgan fingerprint density at radius 1 is 0.667 bits per heavy atom. The van der Waals surface area contributed by atoms with Gasteiger partial charge in [-0.05, 0) is 60.5 Å². The number of hydrogen-bond acceptors (Lipinski definition) is 6. The van der Waals surface area contributed by atoms with Gasteiger partial charge >= 0.3 is 0 Å². The molecule has 0 unspecified atom stereocenters. The minimum atomic E-state index is -0.743. The summed E-state index contributed by atoms with van der Waals surface area (Å²) >= 11 is 5.88. The van der Waals surface area contributed by atoms with Crippen LogP contribution in [-0.2, 0) is 6.42 Å². The molecule has 2 aromatic heterocycles. The molecule has 4 aromatic carbocycles. The fraction of sp³-hybridized carbons (Fsp3) is 0.0714. The SMILES string of the molecule is CCc1cc(O)c2cnn(-c3ccc(O)c(F)c3)c2c1.Oc1ccc(-n2ncc3c(O)cc(Cl)cc32)cc1F. The molecule has 198 valence electrons. The van der Waals surface area contributed by atoms with Crippen molar-refractivity contribution in [2.75, 3.05) is 0 Å². The van der Waals surface area contributed by atoms with Crippen molar-refractivity contribution in [1.82, 2.24) is 19.6 Å². The summed E-state index contributed by atoms with van der Waals surface area (Å²) in [6.07, 6.45) is 3.78. The van der Waals surface area contributed by atoms with Crippen LogP contribution in [0.4, 0.5) is 8.78 Å². The van der Waals surface area contributed by atoms with Crippen molar-refractivity contribution in [3.05, 3.63) is 95.3 Å². The number of aromatic hydroxyl groups is 4. The number of aromatic nitrogens is 4. The topological polar surface area (TPSA) is 117 Å². The van der Waals surface area contributed by atoms with Gasteiger partial charge in [-0.15, -0.1) is 0 Å². The summed E-state index contributed by atoms with van der Waals surface area (Å²) < 4.78 is 29.8. The third kappa shape index (κ3) is 4.89. The minimum absolute atomic E-state index is 0.00741. The van der Waals surface area contributed by atoms with E-state index in [4.69, 9.17) is 11.6 Å². The number of aryl methyl sites for hydroxylation is 1. The molecule has 11 heteroatoms. The maximum Gasteiger partial charge on any atom is 0.166 e. The van der Waals surface area contributed by atoms with Gasteiger partial charge in [0.1, 0.15) is 11.5 Å². The molecule has 6 aromatic rings. The van der Waals surface area contributed by atoms with Crippen LogP contribution >= 0.6 is 11.6 Å².